The molecule has 29 heavy (non-hydrogen) atoms. The molecule has 0 unspecified atom stereocenters. The second-order valence-corrected chi connectivity index (χ2v) is 8.37. The third kappa shape index (κ3) is 5.18. The second-order valence-electron chi connectivity index (χ2n) is 6.08. The monoisotopic (exact) mass is 440 g/mol. The summed E-state index contributed by atoms with van der Waals surface area (Å²) in [5.41, 5.74) is 0.455. The Hall–Kier alpha value is -2.78. The van der Waals surface area contributed by atoms with E-state index >= 15 is 0 Å². The highest BCUT2D eigenvalue weighted by Gasteiger charge is 2.32. The molecule has 0 saturated heterocycles. The van der Waals surface area contributed by atoms with Gasteiger partial charge in [0.05, 0.1) is 37.4 Å². The molecule has 0 aliphatic carbocycles. The topological polar surface area (TPSA) is 102 Å². The maximum Gasteiger partial charge on any atom is 0.339 e. The zero-order chi connectivity index (χ0) is 21.8. The van der Waals surface area contributed by atoms with Crippen LogP contribution in [0.2, 0.25) is 5.02 Å². The predicted molar refractivity (Wildman–Crippen MR) is 111 cm³/mol. The van der Waals surface area contributed by atoms with Crippen molar-refractivity contribution in [3.05, 3.63) is 53.1 Å². The lowest BCUT2D eigenvalue weighted by Crippen LogP contribution is -2.45. The maximum atomic E-state index is 12.9. The molecule has 0 bridgehead atoms. The van der Waals surface area contributed by atoms with Gasteiger partial charge in [-0.15, -0.1) is 0 Å². The summed E-state index contributed by atoms with van der Waals surface area (Å²) in [6.45, 7) is 1.41. The van der Waals surface area contributed by atoms with E-state index in [0.717, 1.165) is 10.6 Å². The summed E-state index contributed by atoms with van der Waals surface area (Å²) < 4.78 is 35.9. The molecular formula is C19H21ClN2O6S. The average molecular weight is 441 g/mol. The first-order valence-electron chi connectivity index (χ1n) is 8.41. The van der Waals surface area contributed by atoms with Crippen LogP contribution >= 0.6 is 11.6 Å². The van der Waals surface area contributed by atoms with E-state index in [1.54, 1.807) is 18.2 Å². The molecule has 0 radical (unpaired) electrons. The van der Waals surface area contributed by atoms with Crippen molar-refractivity contribution >= 4 is 44.9 Å². The number of benzene rings is 2. The minimum absolute atomic E-state index is 0.117. The van der Waals surface area contributed by atoms with Gasteiger partial charge in [-0.2, -0.15) is 0 Å². The summed E-state index contributed by atoms with van der Waals surface area (Å²) in [7, 11) is -1.29. The third-order valence-electron chi connectivity index (χ3n) is 4.06. The number of esters is 1. The van der Waals surface area contributed by atoms with Crippen LogP contribution in [0.15, 0.2) is 42.5 Å². The molecule has 0 heterocycles. The van der Waals surface area contributed by atoms with E-state index in [2.05, 4.69) is 5.32 Å². The zero-order valence-electron chi connectivity index (χ0n) is 16.3. The van der Waals surface area contributed by atoms with Gasteiger partial charge in [-0.3, -0.25) is 9.10 Å². The molecule has 1 atom stereocenters. The third-order valence-corrected chi connectivity index (χ3v) is 5.52. The number of carbonyl (C=O) groups excluding carboxylic acids is 2. The van der Waals surface area contributed by atoms with Crippen LogP contribution in [0.3, 0.4) is 0 Å². The molecule has 1 N–H and O–H groups in total. The van der Waals surface area contributed by atoms with Gasteiger partial charge in [-0.05, 0) is 37.3 Å². The number of methoxy groups -OCH3 is 2. The first-order valence-corrected chi connectivity index (χ1v) is 10.6. The molecule has 10 heteroatoms. The number of rotatable bonds is 7. The quantitative estimate of drug-likeness (QED) is 0.664. The maximum absolute atomic E-state index is 12.9. The van der Waals surface area contributed by atoms with Crippen LogP contribution in [-0.4, -0.2) is 46.8 Å². The van der Waals surface area contributed by atoms with Gasteiger partial charge in [-0.25, -0.2) is 13.2 Å². The van der Waals surface area contributed by atoms with Crippen molar-refractivity contribution in [2.75, 3.05) is 30.1 Å². The fourth-order valence-electron chi connectivity index (χ4n) is 2.73. The Morgan fingerprint density at radius 1 is 1.14 bits per heavy atom. The summed E-state index contributed by atoms with van der Waals surface area (Å²) in [6.07, 6.45) is 0.972. The van der Waals surface area contributed by atoms with E-state index in [-0.39, 0.29) is 27.7 Å². The van der Waals surface area contributed by atoms with Crippen molar-refractivity contribution in [2.24, 2.45) is 0 Å². The molecular weight excluding hydrogens is 420 g/mol. The molecule has 0 spiro atoms. The number of anilines is 2. The van der Waals surface area contributed by atoms with E-state index < -0.39 is 27.9 Å². The van der Waals surface area contributed by atoms with Gasteiger partial charge >= 0.3 is 5.97 Å². The largest absolute Gasteiger partial charge is 0.495 e. The van der Waals surface area contributed by atoms with Gasteiger partial charge < -0.3 is 14.8 Å². The molecule has 0 fully saturated rings. The molecule has 156 valence electrons. The zero-order valence-corrected chi connectivity index (χ0v) is 17.9. The molecule has 2 aromatic rings. The molecule has 8 nitrogen and oxygen atoms in total. The van der Waals surface area contributed by atoms with Gasteiger partial charge in [0.2, 0.25) is 15.9 Å². The highest BCUT2D eigenvalue weighted by Crippen LogP contribution is 2.34. The van der Waals surface area contributed by atoms with E-state index in [1.807, 2.05) is 0 Å². The van der Waals surface area contributed by atoms with Crippen LogP contribution in [0.25, 0.3) is 0 Å². The molecule has 2 aromatic carbocycles. The molecule has 0 aliphatic heterocycles. The van der Waals surface area contributed by atoms with E-state index in [0.29, 0.717) is 0 Å². The lowest BCUT2D eigenvalue weighted by Gasteiger charge is -2.29. The van der Waals surface area contributed by atoms with Crippen LogP contribution < -0.4 is 14.4 Å². The lowest BCUT2D eigenvalue weighted by molar-refractivity contribution is -0.116. The number of hydrogen-bond acceptors (Lipinski definition) is 6. The number of sulfonamides is 1. The fourth-order valence-corrected chi connectivity index (χ4v) is 4.07. The van der Waals surface area contributed by atoms with Gasteiger partial charge in [0.15, 0.2) is 0 Å². The van der Waals surface area contributed by atoms with Gasteiger partial charge in [0, 0.05) is 5.02 Å². The number of halogens is 1. The van der Waals surface area contributed by atoms with E-state index in [9.17, 15) is 18.0 Å². The van der Waals surface area contributed by atoms with E-state index in [4.69, 9.17) is 21.1 Å². The van der Waals surface area contributed by atoms with Crippen molar-refractivity contribution in [1.29, 1.82) is 0 Å². The number of hydrogen-bond donors (Lipinski definition) is 1. The molecule has 1 amide bonds. The predicted octanol–water partition coefficient (Wildman–Crippen LogP) is 2.93. The van der Waals surface area contributed by atoms with Crippen LogP contribution in [0.5, 0.6) is 5.75 Å². The minimum atomic E-state index is -3.89. The number of amides is 1. The Morgan fingerprint density at radius 2 is 1.79 bits per heavy atom. The van der Waals surface area contributed by atoms with Crippen LogP contribution in [0, 0.1) is 0 Å². The number of nitrogens with zero attached hydrogens (tertiary/aromatic N) is 1. The van der Waals surface area contributed by atoms with Crippen LogP contribution in [0.4, 0.5) is 11.4 Å². The van der Waals surface area contributed by atoms with Crippen molar-refractivity contribution in [3.63, 3.8) is 0 Å². The Morgan fingerprint density at radius 3 is 2.38 bits per heavy atom. The average Bonchev–Trinajstić information content (AvgIpc) is 2.67. The standard InChI is InChI=1S/C19H21ClN2O6S/c1-12(18(23)21-15-8-6-5-7-14(15)19(24)28-3)22(29(4,25)26)16-11-13(20)9-10-17(16)27-2/h5-12H,1-4H3,(H,21,23)/t12-/m1/s1. The Kier molecular flexibility index (Phi) is 7.10. The smallest absolute Gasteiger partial charge is 0.339 e. The van der Waals surface area contributed by atoms with Crippen molar-refractivity contribution in [1.82, 2.24) is 0 Å². The number of nitrogens with one attached hydrogen (secondary N) is 1. The summed E-state index contributed by atoms with van der Waals surface area (Å²) in [5.74, 6) is -1.06. The fraction of sp³-hybridized carbons (Fsp3) is 0.263. The van der Waals surface area contributed by atoms with Crippen molar-refractivity contribution in [3.8, 4) is 5.75 Å². The number of para-hydroxylation sites is 1. The first kappa shape index (κ1) is 22.5. The SMILES string of the molecule is COC(=O)c1ccccc1NC(=O)[C@@H](C)N(c1cc(Cl)ccc1OC)S(C)(=O)=O. The number of carbonyl (C=O) groups is 2. The van der Waals surface area contributed by atoms with E-state index in [1.165, 1.54) is 45.4 Å². The Balaban J connectivity index is 2.44. The van der Waals surface area contributed by atoms with Crippen LogP contribution in [-0.2, 0) is 19.6 Å². The molecule has 0 saturated carbocycles. The van der Waals surface area contributed by atoms with Crippen molar-refractivity contribution < 1.29 is 27.5 Å². The summed E-state index contributed by atoms with van der Waals surface area (Å²) in [4.78, 5) is 24.8. The summed E-state index contributed by atoms with van der Waals surface area (Å²) >= 11 is 6.02. The second kappa shape index (κ2) is 9.15. The molecule has 2 rings (SSSR count). The minimum Gasteiger partial charge on any atom is -0.495 e. The van der Waals surface area contributed by atoms with Crippen molar-refractivity contribution in [2.45, 2.75) is 13.0 Å². The van der Waals surface area contributed by atoms with Gasteiger partial charge in [0.1, 0.15) is 11.8 Å². The number of ether oxygens (including phenoxy) is 2. The Labute approximate surface area is 174 Å². The molecule has 0 aromatic heterocycles. The summed E-state index contributed by atoms with van der Waals surface area (Å²) in [5, 5.41) is 2.86. The summed E-state index contributed by atoms with van der Waals surface area (Å²) in [6, 6.07) is 9.51. The normalized spacial score (nSPS) is 12.0. The van der Waals surface area contributed by atoms with Gasteiger partial charge in [-0.1, -0.05) is 23.7 Å². The highest BCUT2D eigenvalue weighted by molar-refractivity contribution is 7.92. The molecule has 0 aliphatic rings. The first-order chi connectivity index (χ1) is 13.6. The Bertz CT molecular complexity index is 1030. The lowest BCUT2D eigenvalue weighted by atomic mass is 10.1. The van der Waals surface area contributed by atoms with Crippen LogP contribution in [0.1, 0.15) is 17.3 Å². The van der Waals surface area contributed by atoms with Gasteiger partial charge in [0.25, 0.3) is 0 Å². The highest BCUT2D eigenvalue weighted by atomic mass is 35.5.